The SMILES string of the molecule is Cc1ccncc1C#CC(C)(C)O. The minimum absolute atomic E-state index is 0.865. The summed E-state index contributed by atoms with van der Waals surface area (Å²) >= 11 is 0. The van der Waals surface area contributed by atoms with E-state index in [-0.39, 0.29) is 0 Å². The number of aliphatic hydroxyl groups is 1. The van der Waals surface area contributed by atoms with Crippen LogP contribution in [0.4, 0.5) is 0 Å². The molecule has 0 aliphatic heterocycles. The van der Waals surface area contributed by atoms with E-state index in [9.17, 15) is 5.11 Å². The smallest absolute Gasteiger partial charge is 0.120 e. The van der Waals surface area contributed by atoms with Crippen LogP contribution in [0.5, 0.6) is 0 Å². The molecule has 13 heavy (non-hydrogen) atoms. The van der Waals surface area contributed by atoms with Gasteiger partial charge in [-0.1, -0.05) is 11.8 Å². The molecule has 0 fully saturated rings. The van der Waals surface area contributed by atoms with Gasteiger partial charge in [0, 0.05) is 18.0 Å². The van der Waals surface area contributed by atoms with Gasteiger partial charge in [0.05, 0.1) is 0 Å². The normalized spacial score (nSPS) is 10.5. The average molecular weight is 175 g/mol. The maximum absolute atomic E-state index is 9.38. The molecule has 0 atom stereocenters. The molecule has 0 aliphatic rings. The molecule has 1 rings (SSSR count). The number of nitrogens with zero attached hydrogens (tertiary/aromatic N) is 1. The molecule has 2 heteroatoms. The van der Waals surface area contributed by atoms with Crippen molar-refractivity contribution in [3.05, 3.63) is 29.6 Å². The molecule has 1 aromatic heterocycles. The highest BCUT2D eigenvalue weighted by Crippen LogP contribution is 2.04. The van der Waals surface area contributed by atoms with Crippen molar-refractivity contribution in [2.24, 2.45) is 0 Å². The Bertz CT molecular complexity index is 352. The third-order valence-electron chi connectivity index (χ3n) is 1.54. The first-order valence-electron chi connectivity index (χ1n) is 4.15. The zero-order valence-electron chi connectivity index (χ0n) is 8.13. The molecule has 0 unspecified atom stereocenters. The quantitative estimate of drug-likeness (QED) is 0.606. The Hall–Kier alpha value is -1.33. The summed E-state index contributed by atoms with van der Waals surface area (Å²) in [6, 6.07) is 1.90. The van der Waals surface area contributed by atoms with Gasteiger partial charge in [0.1, 0.15) is 5.60 Å². The van der Waals surface area contributed by atoms with E-state index in [0.717, 1.165) is 11.1 Å². The summed E-state index contributed by atoms with van der Waals surface area (Å²) in [7, 11) is 0. The molecule has 68 valence electrons. The van der Waals surface area contributed by atoms with Gasteiger partial charge in [0.25, 0.3) is 0 Å². The van der Waals surface area contributed by atoms with Gasteiger partial charge in [-0.3, -0.25) is 4.98 Å². The van der Waals surface area contributed by atoms with Crippen molar-refractivity contribution in [3.63, 3.8) is 0 Å². The van der Waals surface area contributed by atoms with Crippen LogP contribution >= 0.6 is 0 Å². The van der Waals surface area contributed by atoms with Crippen LogP contribution in [0.1, 0.15) is 25.0 Å². The van der Waals surface area contributed by atoms with Gasteiger partial charge in [0.2, 0.25) is 0 Å². The molecular formula is C11H13NO. The van der Waals surface area contributed by atoms with Crippen LogP contribution in [0.3, 0.4) is 0 Å². The number of aromatic nitrogens is 1. The Labute approximate surface area is 78.6 Å². The zero-order chi connectivity index (χ0) is 9.90. The molecule has 1 N–H and O–H groups in total. The monoisotopic (exact) mass is 175 g/mol. The Morgan fingerprint density at radius 2 is 2.15 bits per heavy atom. The van der Waals surface area contributed by atoms with Crippen LogP contribution in [0, 0.1) is 18.8 Å². The zero-order valence-corrected chi connectivity index (χ0v) is 8.13. The second-order valence-corrected chi connectivity index (χ2v) is 3.50. The summed E-state index contributed by atoms with van der Waals surface area (Å²) in [5.74, 6) is 5.63. The first kappa shape index (κ1) is 9.76. The van der Waals surface area contributed by atoms with Crippen molar-refractivity contribution in [1.82, 2.24) is 4.98 Å². The summed E-state index contributed by atoms with van der Waals surface area (Å²) in [5.41, 5.74) is 0.999. The lowest BCUT2D eigenvalue weighted by Gasteiger charge is -2.06. The van der Waals surface area contributed by atoms with Crippen molar-refractivity contribution < 1.29 is 5.11 Å². The Morgan fingerprint density at radius 1 is 1.46 bits per heavy atom. The number of hydrogen-bond donors (Lipinski definition) is 1. The molecule has 0 amide bonds. The van der Waals surface area contributed by atoms with E-state index in [0.29, 0.717) is 0 Å². The molecule has 1 heterocycles. The van der Waals surface area contributed by atoms with Gasteiger partial charge in [-0.05, 0) is 32.4 Å². The Balaban J connectivity index is 2.97. The van der Waals surface area contributed by atoms with Crippen LogP contribution in [-0.4, -0.2) is 15.7 Å². The van der Waals surface area contributed by atoms with E-state index in [2.05, 4.69) is 16.8 Å². The van der Waals surface area contributed by atoms with Crippen LogP contribution in [0.15, 0.2) is 18.5 Å². The minimum Gasteiger partial charge on any atom is -0.378 e. The molecule has 0 aromatic carbocycles. The van der Waals surface area contributed by atoms with E-state index < -0.39 is 5.60 Å². The predicted octanol–water partition coefficient (Wildman–Crippen LogP) is 1.51. The van der Waals surface area contributed by atoms with Crippen molar-refractivity contribution in [1.29, 1.82) is 0 Å². The first-order chi connectivity index (χ1) is 5.99. The molecule has 0 bridgehead atoms. The minimum atomic E-state index is -0.942. The van der Waals surface area contributed by atoms with Gasteiger partial charge in [-0.15, -0.1) is 0 Å². The molecule has 0 spiro atoms. The number of rotatable bonds is 0. The molecule has 0 saturated heterocycles. The van der Waals surface area contributed by atoms with Crippen LogP contribution < -0.4 is 0 Å². The number of aryl methyl sites for hydroxylation is 1. The van der Waals surface area contributed by atoms with Gasteiger partial charge in [0.15, 0.2) is 0 Å². The second kappa shape index (κ2) is 3.59. The fraction of sp³-hybridized carbons (Fsp3) is 0.364. The molecular weight excluding hydrogens is 162 g/mol. The third-order valence-corrected chi connectivity index (χ3v) is 1.54. The van der Waals surface area contributed by atoms with Crippen molar-refractivity contribution in [2.45, 2.75) is 26.4 Å². The summed E-state index contributed by atoms with van der Waals surface area (Å²) in [6.07, 6.45) is 3.43. The van der Waals surface area contributed by atoms with E-state index in [1.165, 1.54) is 0 Å². The lowest BCUT2D eigenvalue weighted by molar-refractivity contribution is 0.143. The van der Waals surface area contributed by atoms with Gasteiger partial charge in [-0.2, -0.15) is 0 Å². The lowest BCUT2D eigenvalue weighted by Crippen LogP contribution is -2.14. The summed E-state index contributed by atoms with van der Waals surface area (Å²) in [6.45, 7) is 5.29. The fourth-order valence-electron chi connectivity index (χ4n) is 0.815. The number of pyridine rings is 1. The molecule has 1 aromatic rings. The van der Waals surface area contributed by atoms with Gasteiger partial charge in [-0.25, -0.2) is 0 Å². The van der Waals surface area contributed by atoms with Gasteiger partial charge >= 0.3 is 0 Å². The van der Waals surface area contributed by atoms with Crippen molar-refractivity contribution in [2.75, 3.05) is 0 Å². The summed E-state index contributed by atoms with van der Waals surface area (Å²) < 4.78 is 0. The van der Waals surface area contributed by atoms with Crippen LogP contribution in [0.2, 0.25) is 0 Å². The number of hydrogen-bond acceptors (Lipinski definition) is 2. The Morgan fingerprint density at radius 3 is 2.69 bits per heavy atom. The van der Waals surface area contributed by atoms with Crippen LogP contribution in [0.25, 0.3) is 0 Å². The summed E-state index contributed by atoms with van der Waals surface area (Å²) in [5, 5.41) is 9.38. The first-order valence-corrected chi connectivity index (χ1v) is 4.15. The highest BCUT2D eigenvalue weighted by molar-refractivity contribution is 5.39. The topological polar surface area (TPSA) is 33.1 Å². The second-order valence-electron chi connectivity index (χ2n) is 3.50. The van der Waals surface area contributed by atoms with E-state index in [1.54, 1.807) is 26.2 Å². The molecule has 0 radical (unpaired) electrons. The van der Waals surface area contributed by atoms with Gasteiger partial charge < -0.3 is 5.11 Å². The lowest BCUT2D eigenvalue weighted by atomic mass is 10.1. The molecule has 0 saturated carbocycles. The van der Waals surface area contributed by atoms with E-state index in [1.807, 2.05) is 13.0 Å². The van der Waals surface area contributed by atoms with Crippen LogP contribution in [-0.2, 0) is 0 Å². The fourth-order valence-corrected chi connectivity index (χ4v) is 0.815. The molecule has 2 nitrogen and oxygen atoms in total. The average Bonchev–Trinajstić information content (AvgIpc) is 2.01. The Kier molecular flexibility index (Phi) is 2.69. The highest BCUT2D eigenvalue weighted by atomic mass is 16.3. The maximum atomic E-state index is 9.38. The van der Waals surface area contributed by atoms with Crippen molar-refractivity contribution in [3.8, 4) is 11.8 Å². The van der Waals surface area contributed by atoms with Crippen molar-refractivity contribution >= 4 is 0 Å². The maximum Gasteiger partial charge on any atom is 0.120 e. The highest BCUT2D eigenvalue weighted by Gasteiger charge is 2.05. The van der Waals surface area contributed by atoms with E-state index >= 15 is 0 Å². The van der Waals surface area contributed by atoms with E-state index in [4.69, 9.17) is 0 Å². The molecule has 0 aliphatic carbocycles. The predicted molar refractivity (Wildman–Crippen MR) is 52.1 cm³/mol. The third kappa shape index (κ3) is 3.27. The largest absolute Gasteiger partial charge is 0.378 e. The summed E-state index contributed by atoms with van der Waals surface area (Å²) in [4.78, 5) is 3.96. The standard InChI is InChI=1S/C11H13NO/c1-9-5-7-12-8-10(9)4-6-11(2,3)13/h5,7-8,13H,1-3H3.